The largest absolute Gasteiger partial charge is 0.361 e. The summed E-state index contributed by atoms with van der Waals surface area (Å²) in [6, 6.07) is 6.55. The Bertz CT molecular complexity index is 501. The number of nitrogens with two attached hydrogens (primary N) is 1. The number of hydrogen-bond acceptors (Lipinski definition) is 2. The highest BCUT2D eigenvalue weighted by molar-refractivity contribution is 5.86. The number of aryl methyl sites for hydroxylation is 1. The summed E-state index contributed by atoms with van der Waals surface area (Å²) in [5.41, 5.74) is 9.61. The third-order valence-electron chi connectivity index (χ3n) is 3.45. The lowest BCUT2D eigenvalue weighted by molar-refractivity contribution is 0.325. The Labute approximate surface area is 109 Å². The number of benzene rings is 1. The van der Waals surface area contributed by atoms with Gasteiger partial charge in [-0.3, -0.25) is 0 Å². The zero-order chi connectivity index (χ0) is 13.0. The van der Waals surface area contributed by atoms with Crippen molar-refractivity contribution in [3.63, 3.8) is 0 Å². The molecule has 0 radical (unpaired) electrons. The van der Waals surface area contributed by atoms with Crippen molar-refractivity contribution in [2.24, 2.45) is 5.73 Å². The molecular weight excluding hydrogens is 222 g/mol. The zero-order valence-electron chi connectivity index (χ0n) is 11.4. The van der Waals surface area contributed by atoms with Crippen LogP contribution < -0.4 is 5.73 Å². The second-order valence-corrected chi connectivity index (χ2v) is 4.89. The molecule has 0 aliphatic heterocycles. The van der Waals surface area contributed by atoms with Crippen LogP contribution in [0.15, 0.2) is 24.4 Å². The SMILES string of the molecule is CCc1cccc2c(CN(C)CCCN)c[nH]c12. The summed E-state index contributed by atoms with van der Waals surface area (Å²) in [6.45, 7) is 4.99. The van der Waals surface area contributed by atoms with Gasteiger partial charge in [0, 0.05) is 23.6 Å². The smallest absolute Gasteiger partial charge is 0.0489 e. The highest BCUT2D eigenvalue weighted by Crippen LogP contribution is 2.23. The Morgan fingerprint density at radius 2 is 2.11 bits per heavy atom. The van der Waals surface area contributed by atoms with Crippen molar-refractivity contribution in [2.45, 2.75) is 26.3 Å². The van der Waals surface area contributed by atoms with Gasteiger partial charge in [-0.2, -0.15) is 0 Å². The van der Waals surface area contributed by atoms with Gasteiger partial charge in [0.1, 0.15) is 0 Å². The zero-order valence-corrected chi connectivity index (χ0v) is 11.4. The van der Waals surface area contributed by atoms with Crippen LogP contribution in [-0.2, 0) is 13.0 Å². The number of nitrogens with one attached hydrogen (secondary N) is 1. The summed E-state index contributed by atoms with van der Waals surface area (Å²) in [5.74, 6) is 0. The molecule has 0 spiro atoms. The van der Waals surface area contributed by atoms with E-state index in [0.29, 0.717) is 0 Å². The number of aromatic nitrogens is 1. The van der Waals surface area contributed by atoms with E-state index in [1.54, 1.807) is 0 Å². The van der Waals surface area contributed by atoms with Crippen LogP contribution in [0, 0.1) is 0 Å². The predicted molar refractivity (Wildman–Crippen MR) is 77.7 cm³/mol. The molecule has 1 heterocycles. The van der Waals surface area contributed by atoms with Crippen LogP contribution in [-0.4, -0.2) is 30.0 Å². The lowest BCUT2D eigenvalue weighted by Gasteiger charge is -2.15. The molecule has 98 valence electrons. The molecule has 0 atom stereocenters. The van der Waals surface area contributed by atoms with Gasteiger partial charge in [0.05, 0.1) is 0 Å². The molecule has 0 saturated heterocycles. The molecule has 0 amide bonds. The summed E-state index contributed by atoms with van der Waals surface area (Å²) < 4.78 is 0. The molecule has 2 aromatic rings. The van der Waals surface area contributed by atoms with Crippen molar-refractivity contribution in [2.75, 3.05) is 20.1 Å². The Balaban J connectivity index is 2.19. The number of hydrogen-bond donors (Lipinski definition) is 2. The first-order valence-electron chi connectivity index (χ1n) is 6.72. The predicted octanol–water partition coefficient (Wildman–Crippen LogP) is 2.51. The molecule has 18 heavy (non-hydrogen) atoms. The average Bonchev–Trinajstić information content (AvgIpc) is 2.79. The molecular formula is C15H23N3. The molecule has 1 aromatic heterocycles. The van der Waals surface area contributed by atoms with Crippen molar-refractivity contribution in [1.29, 1.82) is 0 Å². The van der Waals surface area contributed by atoms with Crippen LogP contribution in [0.3, 0.4) is 0 Å². The molecule has 3 N–H and O–H groups in total. The molecule has 0 saturated carbocycles. The van der Waals surface area contributed by atoms with Gasteiger partial charge in [-0.25, -0.2) is 0 Å². The molecule has 0 bridgehead atoms. The topological polar surface area (TPSA) is 45.0 Å². The summed E-state index contributed by atoms with van der Waals surface area (Å²) in [6.07, 6.45) is 4.27. The molecule has 0 unspecified atom stereocenters. The van der Waals surface area contributed by atoms with Gasteiger partial charge in [-0.1, -0.05) is 25.1 Å². The van der Waals surface area contributed by atoms with E-state index in [0.717, 1.165) is 32.5 Å². The van der Waals surface area contributed by atoms with E-state index < -0.39 is 0 Å². The number of para-hydroxylation sites is 1. The molecule has 0 aliphatic rings. The number of fused-ring (bicyclic) bond motifs is 1. The fraction of sp³-hybridized carbons (Fsp3) is 0.467. The van der Waals surface area contributed by atoms with E-state index in [1.807, 2.05) is 0 Å². The van der Waals surface area contributed by atoms with Crippen LogP contribution in [0.25, 0.3) is 10.9 Å². The minimum Gasteiger partial charge on any atom is -0.361 e. The van der Waals surface area contributed by atoms with Crippen LogP contribution in [0.5, 0.6) is 0 Å². The molecule has 0 fully saturated rings. The standard InChI is InChI=1S/C15H23N3/c1-3-12-6-4-7-14-13(10-17-15(12)14)11-18(2)9-5-8-16/h4,6-7,10,17H,3,5,8-9,11,16H2,1-2H3. The number of rotatable bonds is 6. The summed E-state index contributed by atoms with van der Waals surface area (Å²) >= 11 is 0. The molecule has 2 rings (SSSR count). The fourth-order valence-electron chi connectivity index (χ4n) is 2.43. The number of H-pyrrole nitrogens is 1. The molecule has 0 aliphatic carbocycles. The van der Waals surface area contributed by atoms with E-state index in [-0.39, 0.29) is 0 Å². The highest BCUT2D eigenvalue weighted by atomic mass is 15.1. The van der Waals surface area contributed by atoms with Crippen LogP contribution in [0.2, 0.25) is 0 Å². The molecule has 1 aromatic carbocycles. The van der Waals surface area contributed by atoms with Crippen molar-refractivity contribution in [1.82, 2.24) is 9.88 Å². The van der Waals surface area contributed by atoms with Gasteiger partial charge < -0.3 is 15.6 Å². The second-order valence-electron chi connectivity index (χ2n) is 4.89. The van der Waals surface area contributed by atoms with Crippen molar-refractivity contribution < 1.29 is 0 Å². The van der Waals surface area contributed by atoms with Gasteiger partial charge in [-0.05, 0) is 44.1 Å². The van der Waals surface area contributed by atoms with Gasteiger partial charge in [0.25, 0.3) is 0 Å². The second kappa shape index (κ2) is 6.03. The first kappa shape index (κ1) is 13.1. The van der Waals surface area contributed by atoms with E-state index in [9.17, 15) is 0 Å². The van der Waals surface area contributed by atoms with Gasteiger partial charge in [-0.15, -0.1) is 0 Å². The maximum atomic E-state index is 5.55. The Morgan fingerprint density at radius 3 is 2.83 bits per heavy atom. The normalized spacial score (nSPS) is 11.6. The van der Waals surface area contributed by atoms with Crippen molar-refractivity contribution in [3.05, 3.63) is 35.5 Å². The summed E-state index contributed by atoms with van der Waals surface area (Å²) in [7, 11) is 2.15. The van der Waals surface area contributed by atoms with Crippen LogP contribution in [0.1, 0.15) is 24.5 Å². The molecule has 3 nitrogen and oxygen atoms in total. The monoisotopic (exact) mass is 245 g/mol. The summed E-state index contributed by atoms with van der Waals surface area (Å²) in [5, 5.41) is 1.36. The first-order valence-corrected chi connectivity index (χ1v) is 6.72. The van der Waals surface area contributed by atoms with Gasteiger partial charge >= 0.3 is 0 Å². The van der Waals surface area contributed by atoms with Crippen molar-refractivity contribution in [3.8, 4) is 0 Å². The first-order chi connectivity index (χ1) is 8.76. The average molecular weight is 245 g/mol. The maximum absolute atomic E-state index is 5.55. The van der Waals surface area contributed by atoms with Gasteiger partial charge in [0.2, 0.25) is 0 Å². The third kappa shape index (κ3) is 2.74. The minimum atomic E-state index is 0.762. The quantitative estimate of drug-likeness (QED) is 0.821. The Kier molecular flexibility index (Phi) is 4.39. The molecule has 3 heteroatoms. The lowest BCUT2D eigenvalue weighted by atomic mass is 10.1. The van der Waals surface area contributed by atoms with Crippen LogP contribution in [0.4, 0.5) is 0 Å². The fourth-order valence-corrected chi connectivity index (χ4v) is 2.43. The van der Waals surface area contributed by atoms with Crippen LogP contribution >= 0.6 is 0 Å². The Morgan fingerprint density at radius 1 is 1.28 bits per heavy atom. The van der Waals surface area contributed by atoms with E-state index in [1.165, 1.54) is 22.0 Å². The summed E-state index contributed by atoms with van der Waals surface area (Å²) in [4.78, 5) is 5.75. The number of nitrogens with zero attached hydrogens (tertiary/aromatic N) is 1. The third-order valence-corrected chi connectivity index (χ3v) is 3.45. The van der Waals surface area contributed by atoms with E-state index >= 15 is 0 Å². The van der Waals surface area contributed by atoms with Gasteiger partial charge in [0.15, 0.2) is 0 Å². The van der Waals surface area contributed by atoms with Crippen molar-refractivity contribution >= 4 is 10.9 Å². The van der Waals surface area contributed by atoms with E-state index in [2.05, 4.69) is 48.3 Å². The Hall–Kier alpha value is -1.32. The lowest BCUT2D eigenvalue weighted by Crippen LogP contribution is -2.21. The highest BCUT2D eigenvalue weighted by Gasteiger charge is 2.08. The maximum Gasteiger partial charge on any atom is 0.0489 e. The minimum absolute atomic E-state index is 0.762. The number of aromatic amines is 1. The van der Waals surface area contributed by atoms with E-state index in [4.69, 9.17) is 5.73 Å².